The fourth-order valence-corrected chi connectivity index (χ4v) is 3.33. The Balaban J connectivity index is 1.59. The molecule has 0 amide bonds. The molecule has 3 rings (SSSR count). The number of aliphatic hydroxyl groups excluding tert-OH is 1. The summed E-state index contributed by atoms with van der Waals surface area (Å²) < 4.78 is 11.6. The molecule has 2 fully saturated rings. The van der Waals surface area contributed by atoms with Gasteiger partial charge in [0.25, 0.3) is 0 Å². The zero-order chi connectivity index (χ0) is 13.4. The lowest BCUT2D eigenvalue weighted by Gasteiger charge is -2.28. The second kappa shape index (κ2) is 5.23. The maximum Gasteiger partial charge on any atom is 0.160 e. The normalized spacial score (nSPS) is 36.4. The zero-order valence-electron chi connectivity index (χ0n) is 11.5. The summed E-state index contributed by atoms with van der Waals surface area (Å²) in [7, 11) is 0. The van der Waals surface area contributed by atoms with Gasteiger partial charge in [0.2, 0.25) is 0 Å². The van der Waals surface area contributed by atoms with E-state index in [0.717, 1.165) is 18.4 Å². The molecule has 3 nitrogen and oxygen atoms in total. The highest BCUT2D eigenvalue weighted by atomic mass is 16.6. The molecule has 19 heavy (non-hydrogen) atoms. The predicted molar refractivity (Wildman–Crippen MR) is 72.5 cm³/mol. The lowest BCUT2D eigenvalue weighted by Crippen LogP contribution is -2.33. The van der Waals surface area contributed by atoms with E-state index in [1.807, 2.05) is 37.3 Å². The van der Waals surface area contributed by atoms with Crippen LogP contribution >= 0.6 is 0 Å². The van der Waals surface area contributed by atoms with Crippen molar-refractivity contribution in [3.05, 3.63) is 35.9 Å². The van der Waals surface area contributed by atoms with Crippen LogP contribution in [0.15, 0.2) is 30.3 Å². The maximum absolute atomic E-state index is 10.3. The highest BCUT2D eigenvalue weighted by Gasteiger charge is 2.48. The summed E-state index contributed by atoms with van der Waals surface area (Å²) in [5.74, 6) is 0.757. The largest absolute Gasteiger partial charge is 0.374 e. The molecule has 0 spiro atoms. The van der Waals surface area contributed by atoms with Gasteiger partial charge in [0.15, 0.2) is 6.29 Å². The summed E-state index contributed by atoms with van der Waals surface area (Å²) >= 11 is 0. The van der Waals surface area contributed by atoms with Crippen LogP contribution in [-0.4, -0.2) is 23.6 Å². The minimum Gasteiger partial charge on any atom is -0.374 e. The van der Waals surface area contributed by atoms with Crippen LogP contribution in [0.3, 0.4) is 0 Å². The number of benzene rings is 1. The standard InChI is InChI=1S/C16H22O3/c1-10-8-15-13(9-14(10)19-15)16(17)18-11(2)12-6-4-3-5-7-12/h3-7,10-11,13-17H,8-9H2,1-2H3/t10-,11-,13+,14-,15-,16?/m1/s1. The van der Waals surface area contributed by atoms with Crippen molar-refractivity contribution < 1.29 is 14.6 Å². The summed E-state index contributed by atoms with van der Waals surface area (Å²) in [6.07, 6.45) is 1.66. The molecule has 2 bridgehead atoms. The second-order valence-electron chi connectivity index (χ2n) is 5.91. The smallest absolute Gasteiger partial charge is 0.160 e. The van der Waals surface area contributed by atoms with Gasteiger partial charge in [-0.3, -0.25) is 0 Å². The first-order valence-electron chi connectivity index (χ1n) is 7.19. The third-order valence-corrected chi connectivity index (χ3v) is 4.55. The fraction of sp³-hybridized carbons (Fsp3) is 0.625. The summed E-state index contributed by atoms with van der Waals surface area (Å²) in [5, 5.41) is 10.3. The van der Waals surface area contributed by atoms with Gasteiger partial charge in [0.1, 0.15) is 0 Å². The predicted octanol–water partition coefficient (Wildman–Crippen LogP) is 2.90. The Labute approximate surface area is 114 Å². The van der Waals surface area contributed by atoms with E-state index in [4.69, 9.17) is 9.47 Å². The van der Waals surface area contributed by atoms with Crippen molar-refractivity contribution >= 4 is 0 Å². The topological polar surface area (TPSA) is 38.7 Å². The van der Waals surface area contributed by atoms with Gasteiger partial charge in [-0.25, -0.2) is 0 Å². The van der Waals surface area contributed by atoms with Crippen LogP contribution in [0.5, 0.6) is 0 Å². The average Bonchev–Trinajstić information content (AvgIpc) is 2.98. The van der Waals surface area contributed by atoms with Crippen LogP contribution in [0.2, 0.25) is 0 Å². The van der Waals surface area contributed by atoms with Crippen molar-refractivity contribution in [2.75, 3.05) is 0 Å². The molecule has 0 aromatic heterocycles. The van der Waals surface area contributed by atoms with Crippen molar-refractivity contribution in [2.45, 2.75) is 51.3 Å². The van der Waals surface area contributed by atoms with E-state index in [1.165, 1.54) is 0 Å². The third-order valence-electron chi connectivity index (χ3n) is 4.55. The Morgan fingerprint density at radius 3 is 2.53 bits per heavy atom. The van der Waals surface area contributed by atoms with Gasteiger partial charge in [-0.05, 0) is 31.2 Å². The SMILES string of the molecule is C[C@@H]1C[C@H]2O[C@@H]1C[C@@H]2C(O)O[C@H](C)c1ccccc1. The Morgan fingerprint density at radius 1 is 1.21 bits per heavy atom. The zero-order valence-corrected chi connectivity index (χ0v) is 11.5. The highest BCUT2D eigenvalue weighted by molar-refractivity contribution is 5.16. The molecular weight excluding hydrogens is 240 g/mol. The average molecular weight is 262 g/mol. The molecule has 2 heterocycles. The Hall–Kier alpha value is -0.900. The number of rotatable bonds is 4. The molecule has 0 aliphatic carbocycles. The van der Waals surface area contributed by atoms with Crippen LogP contribution in [0.25, 0.3) is 0 Å². The molecule has 104 valence electrons. The molecule has 2 aliphatic heterocycles. The number of ether oxygens (including phenoxy) is 2. The number of hydrogen-bond donors (Lipinski definition) is 1. The minimum absolute atomic E-state index is 0.0900. The quantitative estimate of drug-likeness (QED) is 0.848. The Kier molecular flexibility index (Phi) is 3.61. The first-order valence-corrected chi connectivity index (χ1v) is 7.19. The van der Waals surface area contributed by atoms with E-state index in [0.29, 0.717) is 12.0 Å². The molecule has 2 aliphatic rings. The van der Waals surface area contributed by atoms with Gasteiger partial charge in [-0.2, -0.15) is 0 Å². The van der Waals surface area contributed by atoms with E-state index in [-0.39, 0.29) is 18.1 Å². The molecule has 1 unspecified atom stereocenters. The molecule has 1 aromatic rings. The van der Waals surface area contributed by atoms with Gasteiger partial charge >= 0.3 is 0 Å². The summed E-state index contributed by atoms with van der Waals surface area (Å²) in [4.78, 5) is 0. The Morgan fingerprint density at radius 2 is 1.95 bits per heavy atom. The molecular formula is C16H22O3. The van der Waals surface area contributed by atoms with Gasteiger partial charge in [-0.15, -0.1) is 0 Å². The maximum atomic E-state index is 10.3. The van der Waals surface area contributed by atoms with Gasteiger partial charge in [-0.1, -0.05) is 37.3 Å². The van der Waals surface area contributed by atoms with Crippen molar-refractivity contribution in [1.82, 2.24) is 0 Å². The van der Waals surface area contributed by atoms with E-state index in [2.05, 4.69) is 6.92 Å². The van der Waals surface area contributed by atoms with Crippen LogP contribution in [-0.2, 0) is 9.47 Å². The van der Waals surface area contributed by atoms with Crippen molar-refractivity contribution in [1.29, 1.82) is 0 Å². The van der Waals surface area contributed by atoms with Crippen molar-refractivity contribution in [2.24, 2.45) is 11.8 Å². The number of fused-ring (bicyclic) bond motifs is 2. The van der Waals surface area contributed by atoms with Crippen molar-refractivity contribution in [3.8, 4) is 0 Å². The van der Waals surface area contributed by atoms with E-state index in [1.54, 1.807) is 0 Å². The molecule has 1 N–H and O–H groups in total. The Bertz CT molecular complexity index is 417. The highest BCUT2D eigenvalue weighted by Crippen LogP contribution is 2.44. The number of hydrogen-bond acceptors (Lipinski definition) is 3. The molecule has 6 atom stereocenters. The van der Waals surface area contributed by atoms with Gasteiger partial charge in [0.05, 0.1) is 18.3 Å². The number of aliphatic hydroxyl groups is 1. The van der Waals surface area contributed by atoms with Gasteiger partial charge < -0.3 is 14.6 Å². The lowest BCUT2D eigenvalue weighted by atomic mass is 9.82. The summed E-state index contributed by atoms with van der Waals surface area (Å²) in [5.41, 5.74) is 1.10. The molecule has 2 saturated heterocycles. The summed E-state index contributed by atoms with van der Waals surface area (Å²) in [6.45, 7) is 4.20. The fourth-order valence-electron chi connectivity index (χ4n) is 3.33. The van der Waals surface area contributed by atoms with E-state index >= 15 is 0 Å². The van der Waals surface area contributed by atoms with Gasteiger partial charge in [0, 0.05) is 5.92 Å². The van der Waals surface area contributed by atoms with Crippen LogP contribution in [0.4, 0.5) is 0 Å². The van der Waals surface area contributed by atoms with Crippen LogP contribution in [0, 0.1) is 11.8 Å². The molecule has 3 heteroatoms. The molecule has 1 aromatic carbocycles. The monoisotopic (exact) mass is 262 g/mol. The van der Waals surface area contributed by atoms with Crippen molar-refractivity contribution in [3.63, 3.8) is 0 Å². The van der Waals surface area contributed by atoms with Crippen LogP contribution in [0.1, 0.15) is 38.4 Å². The molecule has 0 radical (unpaired) electrons. The van der Waals surface area contributed by atoms with E-state index in [9.17, 15) is 5.11 Å². The third kappa shape index (κ3) is 2.55. The lowest BCUT2D eigenvalue weighted by molar-refractivity contribution is -0.172. The second-order valence-corrected chi connectivity index (χ2v) is 5.91. The first kappa shape index (κ1) is 13.1. The van der Waals surface area contributed by atoms with Crippen LogP contribution < -0.4 is 0 Å². The molecule has 0 saturated carbocycles. The summed E-state index contributed by atoms with van der Waals surface area (Å²) in [6, 6.07) is 10.0. The van der Waals surface area contributed by atoms with E-state index < -0.39 is 6.29 Å². The minimum atomic E-state index is -0.724. The first-order chi connectivity index (χ1) is 9.15.